The number of halogens is 1. The third-order valence-electron chi connectivity index (χ3n) is 4.48. The normalized spacial score (nSPS) is 16.5. The van der Waals surface area contributed by atoms with Crippen molar-refractivity contribution in [3.63, 3.8) is 0 Å². The maximum absolute atomic E-state index is 12.3. The Morgan fingerprint density at radius 3 is 2.38 bits per heavy atom. The summed E-state index contributed by atoms with van der Waals surface area (Å²) in [5.74, 6) is -0.134. The van der Waals surface area contributed by atoms with Crippen LogP contribution in [0.3, 0.4) is 0 Å². The van der Waals surface area contributed by atoms with Gasteiger partial charge in [0.1, 0.15) is 0 Å². The number of methoxy groups -OCH3 is 1. The summed E-state index contributed by atoms with van der Waals surface area (Å²) < 4.78 is 31.4. The second-order valence-electron chi connectivity index (χ2n) is 6.43. The van der Waals surface area contributed by atoms with Crippen LogP contribution in [0.4, 0.5) is 0 Å². The molecule has 0 unspecified atom stereocenters. The number of nitrogens with two attached hydrogens (primary N) is 1. The van der Waals surface area contributed by atoms with E-state index in [1.807, 2.05) is 0 Å². The van der Waals surface area contributed by atoms with E-state index in [9.17, 15) is 13.2 Å². The molecule has 0 radical (unpaired) electrons. The second kappa shape index (κ2) is 10.2. The summed E-state index contributed by atoms with van der Waals surface area (Å²) in [5, 5.41) is 2.86. The first-order chi connectivity index (χ1) is 11.9. The average molecular weight is 406 g/mol. The fourth-order valence-corrected chi connectivity index (χ4v) is 3.93. The molecule has 0 saturated heterocycles. The Balaban J connectivity index is 0.00000338. The van der Waals surface area contributed by atoms with Gasteiger partial charge < -0.3 is 15.8 Å². The zero-order chi connectivity index (χ0) is 18.3. The van der Waals surface area contributed by atoms with E-state index in [-0.39, 0.29) is 29.8 Å². The van der Waals surface area contributed by atoms with Gasteiger partial charge in [-0.25, -0.2) is 13.1 Å². The van der Waals surface area contributed by atoms with Gasteiger partial charge in [0.05, 0.1) is 17.0 Å². The quantitative estimate of drug-likeness (QED) is 0.565. The van der Waals surface area contributed by atoms with Gasteiger partial charge >= 0.3 is 0 Å². The molecule has 0 heterocycles. The summed E-state index contributed by atoms with van der Waals surface area (Å²) in [6.07, 6.45) is 4.51. The van der Waals surface area contributed by atoms with Crippen molar-refractivity contribution in [1.29, 1.82) is 0 Å². The molecule has 148 valence electrons. The SMILES string of the molecule is COCCNS(=O)(=O)c1ccc(CNC(=O)C2(N)CCCCC2)cc1.Cl. The van der Waals surface area contributed by atoms with Gasteiger partial charge in [-0.2, -0.15) is 0 Å². The zero-order valence-electron chi connectivity index (χ0n) is 15.0. The smallest absolute Gasteiger partial charge is 0.240 e. The van der Waals surface area contributed by atoms with Gasteiger partial charge in [-0.1, -0.05) is 31.4 Å². The van der Waals surface area contributed by atoms with Crippen LogP contribution in [0.5, 0.6) is 0 Å². The molecule has 4 N–H and O–H groups in total. The van der Waals surface area contributed by atoms with E-state index in [4.69, 9.17) is 10.5 Å². The molecule has 0 aromatic heterocycles. The fraction of sp³-hybridized carbons (Fsp3) is 0.588. The van der Waals surface area contributed by atoms with Crippen LogP contribution in [-0.2, 0) is 26.1 Å². The van der Waals surface area contributed by atoms with Gasteiger partial charge in [0, 0.05) is 20.2 Å². The van der Waals surface area contributed by atoms with E-state index < -0.39 is 15.6 Å². The molecule has 0 aliphatic heterocycles. The maximum atomic E-state index is 12.3. The van der Waals surface area contributed by atoms with Gasteiger partial charge in [-0.3, -0.25) is 4.79 Å². The summed E-state index contributed by atoms with van der Waals surface area (Å²) in [4.78, 5) is 12.5. The molecule has 1 aromatic rings. The summed E-state index contributed by atoms with van der Waals surface area (Å²) in [7, 11) is -2.03. The molecule has 1 aromatic carbocycles. The third-order valence-corrected chi connectivity index (χ3v) is 5.96. The van der Waals surface area contributed by atoms with E-state index in [2.05, 4.69) is 10.0 Å². The maximum Gasteiger partial charge on any atom is 0.240 e. The summed E-state index contributed by atoms with van der Waals surface area (Å²) in [5.41, 5.74) is 6.25. The largest absolute Gasteiger partial charge is 0.383 e. The first-order valence-corrected chi connectivity index (χ1v) is 10.0. The molecule has 2 rings (SSSR count). The lowest BCUT2D eigenvalue weighted by Crippen LogP contribution is -2.54. The Kier molecular flexibility index (Phi) is 8.99. The van der Waals surface area contributed by atoms with Gasteiger partial charge in [0.2, 0.25) is 15.9 Å². The molecule has 1 fully saturated rings. The molecule has 1 saturated carbocycles. The van der Waals surface area contributed by atoms with Crippen LogP contribution >= 0.6 is 12.4 Å². The number of nitrogens with one attached hydrogen (secondary N) is 2. The predicted molar refractivity (Wildman–Crippen MR) is 103 cm³/mol. The highest BCUT2D eigenvalue weighted by molar-refractivity contribution is 7.89. The van der Waals surface area contributed by atoms with Crippen molar-refractivity contribution in [2.45, 2.75) is 49.1 Å². The Labute approximate surface area is 161 Å². The van der Waals surface area contributed by atoms with Crippen LogP contribution in [0.25, 0.3) is 0 Å². The topological polar surface area (TPSA) is 111 Å². The zero-order valence-corrected chi connectivity index (χ0v) is 16.6. The van der Waals surface area contributed by atoms with Crippen molar-refractivity contribution in [2.75, 3.05) is 20.3 Å². The molecule has 7 nitrogen and oxygen atoms in total. The molecule has 0 atom stereocenters. The molecule has 0 bridgehead atoms. The Morgan fingerprint density at radius 1 is 1.19 bits per heavy atom. The van der Waals surface area contributed by atoms with Crippen molar-refractivity contribution < 1.29 is 17.9 Å². The number of sulfonamides is 1. The number of hydrogen-bond acceptors (Lipinski definition) is 5. The van der Waals surface area contributed by atoms with Gasteiger partial charge in [-0.05, 0) is 30.5 Å². The van der Waals surface area contributed by atoms with Crippen LogP contribution in [0, 0.1) is 0 Å². The van der Waals surface area contributed by atoms with E-state index in [0.717, 1.165) is 24.8 Å². The lowest BCUT2D eigenvalue weighted by Gasteiger charge is -2.31. The first kappa shape index (κ1) is 22.9. The predicted octanol–water partition coefficient (Wildman–Crippen LogP) is 1.31. The minimum absolute atomic E-state index is 0. The van der Waals surface area contributed by atoms with Crippen LogP contribution < -0.4 is 15.8 Å². The standard InChI is InChI=1S/C17H27N3O4S.ClH/c1-24-12-11-20-25(22,23)15-7-5-14(6-8-15)13-19-16(21)17(18)9-3-2-4-10-17;/h5-8,20H,2-4,9-13,18H2,1H3,(H,19,21);1H. The molecule has 9 heteroatoms. The highest BCUT2D eigenvalue weighted by atomic mass is 35.5. The van der Waals surface area contributed by atoms with Crippen LogP contribution in [0.2, 0.25) is 0 Å². The van der Waals surface area contributed by atoms with Crippen LogP contribution in [0.1, 0.15) is 37.7 Å². The minimum Gasteiger partial charge on any atom is -0.383 e. The number of benzene rings is 1. The number of amides is 1. The first-order valence-electron chi connectivity index (χ1n) is 8.52. The van der Waals surface area contributed by atoms with Gasteiger partial charge in [0.25, 0.3) is 0 Å². The Hall–Kier alpha value is -1.19. The van der Waals surface area contributed by atoms with E-state index >= 15 is 0 Å². The van der Waals surface area contributed by atoms with Crippen molar-refractivity contribution in [3.8, 4) is 0 Å². The van der Waals surface area contributed by atoms with E-state index in [0.29, 0.717) is 26.0 Å². The monoisotopic (exact) mass is 405 g/mol. The van der Waals surface area contributed by atoms with E-state index in [1.54, 1.807) is 12.1 Å². The van der Waals surface area contributed by atoms with Crippen molar-refractivity contribution in [3.05, 3.63) is 29.8 Å². The van der Waals surface area contributed by atoms with Crippen LogP contribution in [-0.4, -0.2) is 40.1 Å². The molecule has 1 aliphatic carbocycles. The molecule has 26 heavy (non-hydrogen) atoms. The highest BCUT2D eigenvalue weighted by Crippen LogP contribution is 2.26. The lowest BCUT2D eigenvalue weighted by atomic mass is 9.82. The Bertz CT molecular complexity index is 674. The third kappa shape index (κ3) is 6.21. The van der Waals surface area contributed by atoms with Gasteiger partial charge in [-0.15, -0.1) is 12.4 Å². The van der Waals surface area contributed by atoms with Gasteiger partial charge in [0.15, 0.2) is 0 Å². The Morgan fingerprint density at radius 2 is 1.81 bits per heavy atom. The van der Waals surface area contributed by atoms with Crippen molar-refractivity contribution >= 4 is 28.3 Å². The molecule has 1 amide bonds. The minimum atomic E-state index is -3.54. The molecule has 1 aliphatic rings. The summed E-state index contributed by atoms with van der Waals surface area (Å²) in [6, 6.07) is 6.43. The molecular weight excluding hydrogens is 378 g/mol. The number of ether oxygens (including phenoxy) is 1. The van der Waals surface area contributed by atoms with E-state index in [1.165, 1.54) is 19.2 Å². The average Bonchev–Trinajstić information content (AvgIpc) is 2.61. The second-order valence-corrected chi connectivity index (χ2v) is 8.20. The molecular formula is C17H28ClN3O4S. The number of carbonyl (C=O) groups excluding carboxylic acids is 1. The number of rotatable bonds is 8. The summed E-state index contributed by atoms with van der Waals surface area (Å²) >= 11 is 0. The number of carbonyl (C=O) groups is 1. The van der Waals surface area contributed by atoms with Crippen LogP contribution in [0.15, 0.2) is 29.2 Å². The fourth-order valence-electron chi connectivity index (χ4n) is 2.92. The number of hydrogen-bond donors (Lipinski definition) is 3. The molecule has 0 spiro atoms. The van der Waals surface area contributed by atoms with Crippen molar-refractivity contribution in [2.24, 2.45) is 5.73 Å². The lowest BCUT2D eigenvalue weighted by molar-refractivity contribution is -0.127. The van der Waals surface area contributed by atoms with Crippen molar-refractivity contribution in [1.82, 2.24) is 10.0 Å². The summed E-state index contributed by atoms with van der Waals surface area (Å²) in [6.45, 7) is 0.856. The highest BCUT2D eigenvalue weighted by Gasteiger charge is 2.34.